The Bertz CT molecular complexity index is 597. The van der Waals surface area contributed by atoms with Gasteiger partial charge in [0, 0.05) is 30.8 Å². The molecule has 1 aliphatic rings. The first-order chi connectivity index (χ1) is 9.76. The van der Waals surface area contributed by atoms with E-state index in [0.717, 1.165) is 17.8 Å². The second kappa shape index (κ2) is 5.90. The molecule has 3 heteroatoms. The summed E-state index contributed by atoms with van der Waals surface area (Å²) in [6.45, 7) is 2.92. The van der Waals surface area contributed by atoms with Gasteiger partial charge in [-0.25, -0.2) is 0 Å². The van der Waals surface area contributed by atoms with Crippen LogP contribution in [0.15, 0.2) is 30.3 Å². The average Bonchev–Trinajstić information content (AvgIpc) is 2.92. The number of hydrogen-bond donors (Lipinski definition) is 1. The predicted molar refractivity (Wildman–Crippen MR) is 81.8 cm³/mol. The molecule has 0 radical (unpaired) electrons. The number of aryl methyl sites for hydroxylation is 1. The van der Waals surface area contributed by atoms with E-state index in [1.165, 1.54) is 30.2 Å². The molecule has 1 aromatic carbocycles. The quantitative estimate of drug-likeness (QED) is 0.926. The zero-order valence-electron chi connectivity index (χ0n) is 12.2. The van der Waals surface area contributed by atoms with Gasteiger partial charge < -0.3 is 10.1 Å². The van der Waals surface area contributed by atoms with Crippen LogP contribution in [0.2, 0.25) is 0 Å². The van der Waals surface area contributed by atoms with E-state index in [1.807, 2.05) is 14.0 Å². The summed E-state index contributed by atoms with van der Waals surface area (Å²) in [7, 11) is 1.81. The molecule has 0 aliphatic heterocycles. The van der Waals surface area contributed by atoms with E-state index < -0.39 is 0 Å². The van der Waals surface area contributed by atoms with E-state index in [9.17, 15) is 0 Å². The molecule has 0 amide bonds. The maximum Gasteiger partial charge on any atom is 0.0724 e. The highest BCUT2D eigenvalue weighted by atomic mass is 16.5. The van der Waals surface area contributed by atoms with Crippen molar-refractivity contribution in [1.82, 2.24) is 10.3 Å². The summed E-state index contributed by atoms with van der Waals surface area (Å²) in [5, 5.41) is 4.84. The topological polar surface area (TPSA) is 34.1 Å². The highest BCUT2D eigenvalue weighted by Crippen LogP contribution is 2.22. The summed E-state index contributed by atoms with van der Waals surface area (Å²) in [4.78, 5) is 4.54. The normalized spacial score (nSPS) is 22.5. The SMILES string of the molecule is COC1CCCC1NCc1ccc2nc(C)ccc2c1. The van der Waals surface area contributed by atoms with Crippen LogP contribution in [-0.2, 0) is 11.3 Å². The van der Waals surface area contributed by atoms with E-state index in [2.05, 4.69) is 40.6 Å². The Labute approximate surface area is 120 Å². The number of rotatable bonds is 4. The molecule has 1 N–H and O–H groups in total. The van der Waals surface area contributed by atoms with E-state index in [4.69, 9.17) is 4.74 Å². The molecule has 1 heterocycles. The van der Waals surface area contributed by atoms with Crippen LogP contribution in [0.3, 0.4) is 0 Å². The van der Waals surface area contributed by atoms with Crippen LogP contribution in [0.25, 0.3) is 10.9 Å². The van der Waals surface area contributed by atoms with Gasteiger partial charge in [-0.1, -0.05) is 12.1 Å². The number of nitrogens with one attached hydrogen (secondary N) is 1. The van der Waals surface area contributed by atoms with Crippen LogP contribution < -0.4 is 5.32 Å². The van der Waals surface area contributed by atoms with Gasteiger partial charge >= 0.3 is 0 Å². The molecular formula is C17H22N2O. The molecule has 0 saturated heterocycles. The van der Waals surface area contributed by atoms with Crippen molar-refractivity contribution in [3.05, 3.63) is 41.6 Å². The number of ether oxygens (including phenoxy) is 1. The van der Waals surface area contributed by atoms with E-state index in [-0.39, 0.29) is 0 Å². The van der Waals surface area contributed by atoms with Crippen LogP contribution in [0, 0.1) is 6.92 Å². The molecule has 2 unspecified atom stereocenters. The maximum absolute atomic E-state index is 5.52. The Morgan fingerprint density at radius 1 is 1.25 bits per heavy atom. The van der Waals surface area contributed by atoms with Gasteiger partial charge in [-0.05, 0) is 49.9 Å². The monoisotopic (exact) mass is 270 g/mol. The zero-order chi connectivity index (χ0) is 13.9. The summed E-state index contributed by atoms with van der Waals surface area (Å²) in [6, 6.07) is 11.2. The Hall–Kier alpha value is -1.45. The third-order valence-corrected chi connectivity index (χ3v) is 4.22. The fourth-order valence-corrected chi connectivity index (χ4v) is 3.08. The standard InChI is InChI=1S/C17H22N2O/c1-12-6-8-14-10-13(7-9-15(14)19-12)11-18-16-4-3-5-17(16)20-2/h6-10,16-18H,3-5,11H2,1-2H3. The number of fused-ring (bicyclic) bond motifs is 1. The van der Waals surface area contributed by atoms with Gasteiger partial charge in [-0.3, -0.25) is 4.98 Å². The summed E-state index contributed by atoms with van der Waals surface area (Å²) in [6.07, 6.45) is 4.03. The number of benzene rings is 1. The summed E-state index contributed by atoms with van der Waals surface area (Å²) >= 11 is 0. The molecule has 106 valence electrons. The van der Waals surface area contributed by atoms with Crippen molar-refractivity contribution in [3.8, 4) is 0 Å². The minimum Gasteiger partial charge on any atom is -0.380 e. The minimum atomic E-state index is 0.375. The fraction of sp³-hybridized carbons (Fsp3) is 0.471. The van der Waals surface area contributed by atoms with Crippen molar-refractivity contribution in [3.63, 3.8) is 0 Å². The summed E-state index contributed by atoms with van der Waals surface area (Å²) in [5.41, 5.74) is 3.45. The van der Waals surface area contributed by atoms with Gasteiger partial charge in [0.05, 0.1) is 11.6 Å². The molecule has 2 aromatic rings. The Morgan fingerprint density at radius 2 is 2.15 bits per heavy atom. The Balaban J connectivity index is 1.70. The largest absolute Gasteiger partial charge is 0.380 e. The smallest absolute Gasteiger partial charge is 0.0724 e. The molecule has 3 rings (SSSR count). The molecule has 1 aliphatic carbocycles. The predicted octanol–water partition coefficient (Wildman–Crippen LogP) is 3.20. The van der Waals surface area contributed by atoms with E-state index in [1.54, 1.807) is 0 Å². The lowest BCUT2D eigenvalue weighted by molar-refractivity contribution is 0.0847. The van der Waals surface area contributed by atoms with E-state index >= 15 is 0 Å². The van der Waals surface area contributed by atoms with Crippen molar-refractivity contribution in [2.24, 2.45) is 0 Å². The van der Waals surface area contributed by atoms with Crippen molar-refractivity contribution in [1.29, 1.82) is 0 Å². The fourth-order valence-electron chi connectivity index (χ4n) is 3.08. The molecule has 2 atom stereocenters. The first kappa shape index (κ1) is 13.5. The van der Waals surface area contributed by atoms with Crippen LogP contribution in [-0.4, -0.2) is 24.2 Å². The highest BCUT2D eigenvalue weighted by molar-refractivity contribution is 5.79. The summed E-state index contributed by atoms with van der Waals surface area (Å²) < 4.78 is 5.52. The second-order valence-corrected chi connectivity index (χ2v) is 5.67. The van der Waals surface area contributed by atoms with Crippen molar-refractivity contribution < 1.29 is 4.74 Å². The lowest BCUT2D eigenvalue weighted by Crippen LogP contribution is -2.36. The molecule has 0 bridgehead atoms. The van der Waals surface area contributed by atoms with Crippen molar-refractivity contribution in [2.45, 2.75) is 44.9 Å². The third kappa shape index (κ3) is 2.84. The number of methoxy groups -OCH3 is 1. The van der Waals surface area contributed by atoms with E-state index in [0.29, 0.717) is 12.1 Å². The number of aromatic nitrogens is 1. The number of pyridine rings is 1. The lowest BCUT2D eigenvalue weighted by atomic mass is 10.1. The zero-order valence-corrected chi connectivity index (χ0v) is 12.2. The van der Waals surface area contributed by atoms with Gasteiger partial charge in [0.1, 0.15) is 0 Å². The third-order valence-electron chi connectivity index (χ3n) is 4.22. The molecule has 1 saturated carbocycles. The van der Waals surface area contributed by atoms with Gasteiger partial charge in [-0.15, -0.1) is 0 Å². The van der Waals surface area contributed by atoms with Crippen LogP contribution in [0.4, 0.5) is 0 Å². The average molecular weight is 270 g/mol. The molecule has 3 nitrogen and oxygen atoms in total. The van der Waals surface area contributed by atoms with Crippen molar-refractivity contribution in [2.75, 3.05) is 7.11 Å². The van der Waals surface area contributed by atoms with Gasteiger partial charge in [0.25, 0.3) is 0 Å². The Kier molecular flexibility index (Phi) is 3.99. The van der Waals surface area contributed by atoms with Crippen molar-refractivity contribution >= 4 is 10.9 Å². The Morgan fingerprint density at radius 3 is 3.00 bits per heavy atom. The maximum atomic E-state index is 5.52. The first-order valence-electron chi connectivity index (χ1n) is 7.39. The second-order valence-electron chi connectivity index (χ2n) is 5.67. The van der Waals surface area contributed by atoms with Gasteiger partial charge in [0.15, 0.2) is 0 Å². The van der Waals surface area contributed by atoms with Crippen LogP contribution >= 0.6 is 0 Å². The van der Waals surface area contributed by atoms with Gasteiger partial charge in [0.2, 0.25) is 0 Å². The number of hydrogen-bond acceptors (Lipinski definition) is 3. The molecule has 20 heavy (non-hydrogen) atoms. The highest BCUT2D eigenvalue weighted by Gasteiger charge is 2.26. The molecule has 1 aromatic heterocycles. The molecule has 0 spiro atoms. The minimum absolute atomic E-state index is 0.375. The number of nitrogens with zero attached hydrogens (tertiary/aromatic N) is 1. The van der Waals surface area contributed by atoms with Crippen LogP contribution in [0.5, 0.6) is 0 Å². The van der Waals surface area contributed by atoms with Gasteiger partial charge in [-0.2, -0.15) is 0 Å². The summed E-state index contributed by atoms with van der Waals surface area (Å²) in [5.74, 6) is 0. The first-order valence-corrected chi connectivity index (χ1v) is 7.39. The lowest BCUT2D eigenvalue weighted by Gasteiger charge is -2.19. The van der Waals surface area contributed by atoms with Crippen LogP contribution in [0.1, 0.15) is 30.5 Å². The molecule has 1 fully saturated rings. The molecular weight excluding hydrogens is 248 g/mol.